The second-order valence-electron chi connectivity index (χ2n) is 12.9. The van der Waals surface area contributed by atoms with Crippen molar-refractivity contribution in [1.29, 1.82) is 0 Å². The Hall–Kier alpha value is -6.36. The molecule has 8 aromatic carbocycles. The Labute approximate surface area is 291 Å². The van der Waals surface area contributed by atoms with Gasteiger partial charge in [-0.15, -0.1) is 11.3 Å². The van der Waals surface area contributed by atoms with Crippen LogP contribution in [0.1, 0.15) is 0 Å². The summed E-state index contributed by atoms with van der Waals surface area (Å²) < 4.78 is 4.98. The van der Waals surface area contributed by atoms with Crippen LogP contribution >= 0.6 is 11.3 Å². The number of hydrogen-bond donors (Lipinski definition) is 0. The molecule has 0 atom stereocenters. The predicted molar refractivity (Wildman–Crippen MR) is 213 cm³/mol. The third-order valence-electron chi connectivity index (χ3n) is 10.2. The lowest BCUT2D eigenvalue weighted by atomic mass is 9.97. The molecule has 0 amide bonds. The van der Waals surface area contributed by atoms with Crippen molar-refractivity contribution in [2.24, 2.45) is 0 Å². The monoisotopic (exact) mass is 653 g/mol. The van der Waals surface area contributed by atoms with Gasteiger partial charge < -0.3 is 0 Å². The molecule has 0 aliphatic rings. The molecule has 11 aromatic rings. The van der Waals surface area contributed by atoms with Gasteiger partial charge in [-0.2, -0.15) is 0 Å². The number of rotatable bonds is 3. The molecule has 3 aromatic heterocycles. The summed E-state index contributed by atoms with van der Waals surface area (Å²) in [5.74, 6) is 0.825. The SMILES string of the molecule is c1ccc(-c2nc3ccccc3nc2-n2c3ccc4ccccc4c3c3cccc(-c4ccc5sc6ccc7ccccc7c6c5c4)c32)cc1. The zero-order valence-electron chi connectivity index (χ0n) is 26.8. The third kappa shape index (κ3) is 3.97. The summed E-state index contributed by atoms with van der Waals surface area (Å²) in [6.07, 6.45) is 0. The van der Waals surface area contributed by atoms with Crippen molar-refractivity contribution in [3.63, 3.8) is 0 Å². The third-order valence-corrected chi connectivity index (χ3v) is 11.3. The van der Waals surface area contributed by atoms with Crippen LogP contribution in [0.3, 0.4) is 0 Å². The lowest BCUT2D eigenvalue weighted by Crippen LogP contribution is -2.04. The second-order valence-corrected chi connectivity index (χ2v) is 14.0. The van der Waals surface area contributed by atoms with Crippen molar-refractivity contribution >= 4 is 85.9 Å². The van der Waals surface area contributed by atoms with Gasteiger partial charge in [-0.25, -0.2) is 9.97 Å². The molecule has 50 heavy (non-hydrogen) atoms. The zero-order valence-corrected chi connectivity index (χ0v) is 27.7. The smallest absolute Gasteiger partial charge is 0.165 e. The highest BCUT2D eigenvalue weighted by Crippen LogP contribution is 2.45. The highest BCUT2D eigenvalue weighted by Gasteiger charge is 2.23. The lowest BCUT2D eigenvalue weighted by molar-refractivity contribution is 1.08. The average molecular weight is 654 g/mol. The van der Waals surface area contributed by atoms with E-state index in [4.69, 9.17) is 9.97 Å². The first-order valence-corrected chi connectivity index (χ1v) is 17.7. The van der Waals surface area contributed by atoms with Crippen LogP contribution in [0.25, 0.3) is 103 Å². The molecule has 0 aliphatic heterocycles. The van der Waals surface area contributed by atoms with Gasteiger partial charge >= 0.3 is 0 Å². The van der Waals surface area contributed by atoms with Crippen molar-refractivity contribution in [3.05, 3.63) is 164 Å². The number of hydrogen-bond acceptors (Lipinski definition) is 3. The Balaban J connectivity index is 1.30. The first-order valence-electron chi connectivity index (χ1n) is 16.9. The van der Waals surface area contributed by atoms with Crippen molar-refractivity contribution in [2.45, 2.75) is 0 Å². The van der Waals surface area contributed by atoms with E-state index < -0.39 is 0 Å². The molecule has 0 bridgehead atoms. The van der Waals surface area contributed by atoms with Gasteiger partial charge in [-0.3, -0.25) is 4.57 Å². The number of fused-ring (bicyclic) bond motifs is 11. The lowest BCUT2D eigenvalue weighted by Gasteiger charge is -2.15. The fourth-order valence-electron chi connectivity index (χ4n) is 7.94. The molecule has 0 fully saturated rings. The van der Waals surface area contributed by atoms with E-state index in [-0.39, 0.29) is 0 Å². The highest BCUT2D eigenvalue weighted by molar-refractivity contribution is 7.26. The van der Waals surface area contributed by atoms with Crippen molar-refractivity contribution in [2.75, 3.05) is 0 Å². The normalized spacial score (nSPS) is 12.0. The molecule has 11 rings (SSSR count). The first kappa shape index (κ1) is 27.6. The number of aromatic nitrogens is 3. The maximum Gasteiger partial charge on any atom is 0.165 e. The molecular formula is C46H27N3S. The largest absolute Gasteiger partial charge is 0.291 e. The summed E-state index contributed by atoms with van der Waals surface area (Å²) in [4.78, 5) is 10.7. The molecule has 3 nitrogen and oxygen atoms in total. The number of nitrogens with zero attached hydrogens (tertiary/aromatic N) is 3. The maximum absolute atomic E-state index is 5.43. The quantitative estimate of drug-likeness (QED) is 0.190. The van der Waals surface area contributed by atoms with Crippen LogP contribution in [0, 0.1) is 0 Å². The van der Waals surface area contributed by atoms with E-state index >= 15 is 0 Å². The van der Waals surface area contributed by atoms with Crippen LogP contribution in [0.5, 0.6) is 0 Å². The van der Waals surface area contributed by atoms with Crippen LogP contribution < -0.4 is 0 Å². The van der Waals surface area contributed by atoms with Gasteiger partial charge in [0.15, 0.2) is 5.82 Å². The van der Waals surface area contributed by atoms with E-state index in [1.807, 2.05) is 29.5 Å². The maximum atomic E-state index is 5.43. The van der Waals surface area contributed by atoms with E-state index in [0.29, 0.717) is 0 Å². The fourth-order valence-corrected chi connectivity index (χ4v) is 9.04. The Bertz CT molecular complexity index is 3150. The standard InChI is InChI=1S/C46H27N3S/c1-2-13-30(14-3-1)44-46(48-38-20-9-8-19-37(38)47-44)49-39-24-21-28-11-4-6-15-32(28)42(39)35-18-10-17-34(45(35)49)31-23-25-40-36(27-31)43-33-16-7-5-12-29(33)22-26-41(43)50-40/h1-27H. The minimum Gasteiger partial charge on any atom is -0.291 e. The zero-order chi connectivity index (χ0) is 32.8. The topological polar surface area (TPSA) is 30.7 Å². The van der Waals surface area contributed by atoms with Gasteiger partial charge in [-0.05, 0) is 63.5 Å². The molecule has 3 heterocycles. The van der Waals surface area contributed by atoms with Crippen LogP contribution in [0.15, 0.2) is 164 Å². The van der Waals surface area contributed by atoms with Gasteiger partial charge in [0.1, 0.15) is 5.69 Å². The van der Waals surface area contributed by atoms with Crippen LogP contribution in [0.4, 0.5) is 0 Å². The first-order chi connectivity index (χ1) is 24.8. The van der Waals surface area contributed by atoms with Crippen LogP contribution in [0.2, 0.25) is 0 Å². The Morgan fingerprint density at radius 2 is 1.10 bits per heavy atom. The molecule has 0 aliphatic carbocycles. The minimum absolute atomic E-state index is 0.825. The average Bonchev–Trinajstić information content (AvgIpc) is 3.74. The summed E-state index contributed by atoms with van der Waals surface area (Å²) in [6.45, 7) is 0. The molecule has 0 saturated carbocycles. The van der Waals surface area contributed by atoms with Gasteiger partial charge in [-0.1, -0.05) is 127 Å². The summed E-state index contributed by atoms with van der Waals surface area (Å²) >= 11 is 1.87. The molecular weight excluding hydrogens is 627 g/mol. The summed E-state index contributed by atoms with van der Waals surface area (Å²) in [6, 6.07) is 58.8. The summed E-state index contributed by atoms with van der Waals surface area (Å²) in [7, 11) is 0. The van der Waals surface area contributed by atoms with Crippen LogP contribution in [-0.4, -0.2) is 14.5 Å². The molecule has 232 valence electrons. The van der Waals surface area contributed by atoms with Crippen LogP contribution in [-0.2, 0) is 0 Å². The molecule has 0 unspecified atom stereocenters. The van der Waals surface area contributed by atoms with Crippen molar-refractivity contribution < 1.29 is 0 Å². The highest BCUT2D eigenvalue weighted by atomic mass is 32.1. The Morgan fingerprint density at radius 3 is 1.92 bits per heavy atom. The van der Waals surface area contributed by atoms with Crippen molar-refractivity contribution in [1.82, 2.24) is 14.5 Å². The van der Waals surface area contributed by atoms with E-state index in [0.717, 1.165) is 39.1 Å². The van der Waals surface area contributed by atoms with E-state index in [1.54, 1.807) is 0 Å². The summed E-state index contributed by atoms with van der Waals surface area (Å²) in [5, 5.41) is 10.1. The Morgan fingerprint density at radius 1 is 0.440 bits per heavy atom. The predicted octanol–water partition coefficient (Wildman–Crippen LogP) is 12.7. The number of benzene rings is 8. The Kier molecular flexibility index (Phi) is 5.83. The molecule has 0 N–H and O–H groups in total. The van der Waals surface area contributed by atoms with E-state index in [1.165, 1.54) is 63.6 Å². The van der Waals surface area contributed by atoms with Gasteiger partial charge in [0, 0.05) is 42.1 Å². The minimum atomic E-state index is 0.825. The number of thiophene rings is 1. The van der Waals surface area contributed by atoms with Gasteiger partial charge in [0.25, 0.3) is 0 Å². The van der Waals surface area contributed by atoms with E-state index in [2.05, 4.69) is 150 Å². The molecule has 0 saturated heterocycles. The van der Waals surface area contributed by atoms with E-state index in [9.17, 15) is 0 Å². The van der Waals surface area contributed by atoms with Gasteiger partial charge in [0.05, 0.1) is 22.1 Å². The molecule has 0 radical (unpaired) electrons. The van der Waals surface area contributed by atoms with Crippen molar-refractivity contribution in [3.8, 4) is 28.2 Å². The number of para-hydroxylation sites is 3. The molecule has 0 spiro atoms. The summed E-state index contributed by atoms with van der Waals surface area (Å²) in [5.41, 5.74) is 8.23. The molecule has 4 heteroatoms. The fraction of sp³-hybridized carbons (Fsp3) is 0. The van der Waals surface area contributed by atoms with Gasteiger partial charge in [0.2, 0.25) is 0 Å². The second kappa shape index (κ2) is 10.6.